The van der Waals surface area contributed by atoms with Crippen LogP contribution < -0.4 is 5.32 Å². The Balaban J connectivity index is 1.82. The lowest BCUT2D eigenvalue weighted by molar-refractivity contribution is 0.126. The Morgan fingerprint density at radius 3 is 2.72 bits per heavy atom. The van der Waals surface area contributed by atoms with E-state index in [1.807, 2.05) is 6.07 Å². The highest BCUT2D eigenvalue weighted by molar-refractivity contribution is 9.10. The Morgan fingerprint density at radius 2 is 2.17 bits per heavy atom. The highest BCUT2D eigenvalue weighted by Crippen LogP contribution is 2.28. The largest absolute Gasteiger partial charge is 0.453 e. The van der Waals surface area contributed by atoms with Crippen molar-refractivity contribution in [3.63, 3.8) is 0 Å². The molecule has 0 aromatic carbocycles. The van der Waals surface area contributed by atoms with E-state index in [0.717, 1.165) is 22.9 Å². The molecule has 18 heavy (non-hydrogen) atoms. The van der Waals surface area contributed by atoms with Gasteiger partial charge in [0.25, 0.3) is 0 Å². The molecule has 4 heteroatoms. The van der Waals surface area contributed by atoms with Crippen molar-refractivity contribution < 1.29 is 4.42 Å². The summed E-state index contributed by atoms with van der Waals surface area (Å²) < 4.78 is 6.48. The molecule has 1 aromatic heterocycles. The average molecular weight is 315 g/mol. The lowest BCUT2D eigenvalue weighted by atomic mass is 9.95. The van der Waals surface area contributed by atoms with E-state index < -0.39 is 0 Å². The molecular formula is C14H23BrN2O. The molecule has 1 aliphatic heterocycles. The molecule has 1 atom stereocenters. The predicted molar refractivity (Wildman–Crippen MR) is 77.7 cm³/mol. The monoisotopic (exact) mass is 314 g/mol. The van der Waals surface area contributed by atoms with E-state index in [1.54, 1.807) is 0 Å². The number of rotatable bonds is 5. The van der Waals surface area contributed by atoms with Crippen LogP contribution in [0.3, 0.4) is 0 Å². The van der Waals surface area contributed by atoms with E-state index in [9.17, 15) is 0 Å². The van der Waals surface area contributed by atoms with E-state index >= 15 is 0 Å². The quantitative estimate of drug-likeness (QED) is 0.902. The zero-order valence-corrected chi connectivity index (χ0v) is 12.9. The molecule has 1 N–H and O–H groups in total. The molecule has 2 rings (SSSR count). The van der Waals surface area contributed by atoms with Gasteiger partial charge in [-0.3, -0.25) is 4.90 Å². The summed E-state index contributed by atoms with van der Waals surface area (Å²) in [6, 6.07) is 4.43. The number of piperidine rings is 1. The van der Waals surface area contributed by atoms with Gasteiger partial charge in [-0.2, -0.15) is 0 Å². The first kappa shape index (κ1) is 14.1. The first-order valence-electron chi connectivity index (χ1n) is 6.90. The lowest BCUT2D eigenvalue weighted by Gasteiger charge is -2.35. The number of likely N-dealkylation sites (tertiary alicyclic amines) is 1. The van der Waals surface area contributed by atoms with Gasteiger partial charge < -0.3 is 9.73 Å². The third kappa shape index (κ3) is 3.59. The topological polar surface area (TPSA) is 28.4 Å². The lowest BCUT2D eigenvalue weighted by Crippen LogP contribution is -2.38. The molecular weight excluding hydrogens is 292 g/mol. The van der Waals surface area contributed by atoms with Gasteiger partial charge in [0.2, 0.25) is 0 Å². The van der Waals surface area contributed by atoms with Crippen molar-refractivity contribution in [2.24, 2.45) is 5.92 Å². The van der Waals surface area contributed by atoms with Gasteiger partial charge in [-0.05, 0) is 79.9 Å². The standard InChI is InChI=1S/C14H23BrN2O/c1-3-16-10-12-6-8-17(9-7-12)11(2)13-4-5-14(15)18-13/h4-5,11-12,16H,3,6-10H2,1-2H3. The molecule has 0 saturated carbocycles. The molecule has 1 aliphatic rings. The molecule has 0 bridgehead atoms. The van der Waals surface area contributed by atoms with Gasteiger partial charge in [-0.25, -0.2) is 0 Å². The van der Waals surface area contributed by atoms with Crippen LogP contribution in [0, 0.1) is 5.92 Å². The minimum atomic E-state index is 0.386. The van der Waals surface area contributed by atoms with Crippen LogP contribution in [0.5, 0.6) is 0 Å². The van der Waals surface area contributed by atoms with E-state index in [0.29, 0.717) is 6.04 Å². The molecule has 0 spiro atoms. The maximum absolute atomic E-state index is 5.65. The minimum Gasteiger partial charge on any atom is -0.453 e. The summed E-state index contributed by atoms with van der Waals surface area (Å²) in [6.07, 6.45) is 2.58. The molecule has 0 radical (unpaired) electrons. The van der Waals surface area contributed by atoms with Crippen LogP contribution in [0.4, 0.5) is 0 Å². The van der Waals surface area contributed by atoms with Gasteiger partial charge in [-0.1, -0.05) is 6.92 Å². The van der Waals surface area contributed by atoms with Crippen molar-refractivity contribution in [2.45, 2.75) is 32.7 Å². The van der Waals surface area contributed by atoms with Gasteiger partial charge in [-0.15, -0.1) is 0 Å². The zero-order valence-electron chi connectivity index (χ0n) is 11.3. The highest BCUT2D eigenvalue weighted by Gasteiger charge is 2.24. The van der Waals surface area contributed by atoms with Crippen LogP contribution in [-0.2, 0) is 0 Å². The van der Waals surface area contributed by atoms with Crippen molar-refractivity contribution in [3.05, 3.63) is 22.6 Å². The summed E-state index contributed by atoms with van der Waals surface area (Å²) >= 11 is 3.37. The zero-order chi connectivity index (χ0) is 13.0. The fourth-order valence-corrected chi connectivity index (χ4v) is 2.94. The number of hydrogen-bond donors (Lipinski definition) is 1. The van der Waals surface area contributed by atoms with Gasteiger partial charge in [0.15, 0.2) is 4.67 Å². The van der Waals surface area contributed by atoms with E-state index in [2.05, 4.69) is 46.1 Å². The van der Waals surface area contributed by atoms with Crippen LogP contribution in [0.15, 0.2) is 21.2 Å². The maximum atomic E-state index is 5.65. The van der Waals surface area contributed by atoms with Gasteiger partial charge in [0.05, 0.1) is 6.04 Å². The summed E-state index contributed by atoms with van der Waals surface area (Å²) in [6.45, 7) is 9.01. The number of hydrogen-bond acceptors (Lipinski definition) is 3. The number of nitrogens with zero attached hydrogens (tertiary/aromatic N) is 1. The Bertz CT molecular complexity index is 358. The average Bonchev–Trinajstić information content (AvgIpc) is 2.83. The number of furan rings is 1. The Morgan fingerprint density at radius 1 is 1.44 bits per heavy atom. The van der Waals surface area contributed by atoms with E-state index in [-0.39, 0.29) is 0 Å². The van der Waals surface area contributed by atoms with Crippen LogP contribution >= 0.6 is 15.9 Å². The fourth-order valence-electron chi connectivity index (χ4n) is 2.63. The second kappa shape index (κ2) is 6.73. The van der Waals surface area contributed by atoms with Crippen LogP contribution in [0.25, 0.3) is 0 Å². The first-order chi connectivity index (χ1) is 8.70. The molecule has 102 valence electrons. The van der Waals surface area contributed by atoms with Crippen LogP contribution in [0.2, 0.25) is 0 Å². The maximum Gasteiger partial charge on any atom is 0.169 e. The van der Waals surface area contributed by atoms with Crippen molar-refractivity contribution in [3.8, 4) is 0 Å². The summed E-state index contributed by atoms with van der Waals surface area (Å²) in [5.74, 6) is 1.91. The number of nitrogens with one attached hydrogen (secondary N) is 1. The fraction of sp³-hybridized carbons (Fsp3) is 0.714. The second-order valence-electron chi connectivity index (χ2n) is 5.10. The summed E-state index contributed by atoms with van der Waals surface area (Å²) in [5.41, 5.74) is 0. The molecule has 1 aromatic rings. The predicted octanol–water partition coefficient (Wildman–Crippen LogP) is 3.42. The first-order valence-corrected chi connectivity index (χ1v) is 7.70. The van der Waals surface area contributed by atoms with E-state index in [1.165, 1.54) is 32.5 Å². The Hall–Kier alpha value is -0.320. The third-order valence-corrected chi connectivity index (χ3v) is 4.31. The Kier molecular flexibility index (Phi) is 5.27. The third-order valence-electron chi connectivity index (χ3n) is 3.89. The summed E-state index contributed by atoms with van der Waals surface area (Å²) in [5, 5.41) is 3.45. The van der Waals surface area contributed by atoms with Gasteiger partial charge in [0, 0.05) is 0 Å². The van der Waals surface area contributed by atoms with E-state index in [4.69, 9.17) is 4.42 Å². The SMILES string of the molecule is CCNCC1CCN(C(C)c2ccc(Br)o2)CC1. The smallest absolute Gasteiger partial charge is 0.169 e. The molecule has 1 saturated heterocycles. The van der Waals surface area contributed by atoms with Gasteiger partial charge >= 0.3 is 0 Å². The highest BCUT2D eigenvalue weighted by atomic mass is 79.9. The molecule has 1 unspecified atom stereocenters. The minimum absolute atomic E-state index is 0.386. The summed E-state index contributed by atoms with van der Waals surface area (Å²) in [7, 11) is 0. The van der Waals surface area contributed by atoms with Crippen LogP contribution in [-0.4, -0.2) is 31.1 Å². The molecule has 0 amide bonds. The molecule has 2 heterocycles. The van der Waals surface area contributed by atoms with Gasteiger partial charge in [0.1, 0.15) is 5.76 Å². The van der Waals surface area contributed by atoms with Crippen molar-refractivity contribution in [2.75, 3.05) is 26.2 Å². The van der Waals surface area contributed by atoms with Crippen molar-refractivity contribution >= 4 is 15.9 Å². The number of halogens is 1. The normalized spacial score (nSPS) is 20.2. The Labute approximate surface area is 118 Å². The molecule has 3 nitrogen and oxygen atoms in total. The van der Waals surface area contributed by atoms with Crippen molar-refractivity contribution in [1.82, 2.24) is 10.2 Å². The van der Waals surface area contributed by atoms with Crippen LogP contribution in [0.1, 0.15) is 38.5 Å². The molecule has 1 fully saturated rings. The van der Waals surface area contributed by atoms with Crippen molar-refractivity contribution in [1.29, 1.82) is 0 Å². The second-order valence-corrected chi connectivity index (χ2v) is 5.89. The molecule has 0 aliphatic carbocycles. The summed E-state index contributed by atoms with van der Waals surface area (Å²) in [4.78, 5) is 2.52.